The highest BCUT2D eigenvalue weighted by atomic mass is 33.2. The molecule has 0 heterocycles. The summed E-state index contributed by atoms with van der Waals surface area (Å²) in [5.41, 5.74) is 0. The number of allylic oxidation sites excluding steroid dienone is 1. The molecule has 0 nitrogen and oxygen atoms in total. The maximum atomic E-state index is 3.67. The van der Waals surface area contributed by atoms with E-state index in [1.54, 1.807) is 0 Å². The van der Waals surface area contributed by atoms with Crippen molar-refractivity contribution in [3.8, 4) is 0 Å². The van der Waals surface area contributed by atoms with Crippen molar-refractivity contribution in [2.24, 2.45) is 0 Å². The second kappa shape index (κ2) is 8.66. The molecule has 0 unspecified atom stereocenters. The molecule has 0 radical (unpaired) electrons. The van der Waals surface area contributed by atoms with Crippen LogP contribution in [0.15, 0.2) is 12.7 Å². The molecular weight excluding hydrogens is 164 g/mol. The van der Waals surface area contributed by atoms with Crippen LogP contribution < -0.4 is 0 Å². The largest absolute Gasteiger partial charge is 0.134 e. The van der Waals surface area contributed by atoms with Gasteiger partial charge in [-0.1, -0.05) is 6.08 Å². The first kappa shape index (κ1) is 9.66. The van der Waals surface area contributed by atoms with Crippen molar-refractivity contribution in [2.75, 3.05) is 5.75 Å². The van der Waals surface area contributed by atoms with E-state index in [0.717, 1.165) is 0 Å². The Morgan fingerprint density at radius 2 is 2.22 bits per heavy atom. The fourth-order valence-corrected chi connectivity index (χ4v) is 3.38. The van der Waals surface area contributed by atoms with Gasteiger partial charge in [-0.05, 0) is 19.3 Å². The van der Waals surface area contributed by atoms with E-state index in [4.69, 9.17) is 0 Å². The average molecular weight is 178 g/mol. The van der Waals surface area contributed by atoms with E-state index in [-0.39, 0.29) is 0 Å². The van der Waals surface area contributed by atoms with Crippen molar-refractivity contribution >= 4 is 30.4 Å². The lowest BCUT2D eigenvalue weighted by Crippen LogP contribution is -1.75. The summed E-state index contributed by atoms with van der Waals surface area (Å²) in [5.74, 6) is 1.32. The summed E-state index contributed by atoms with van der Waals surface area (Å²) in [4.78, 5) is 0. The Morgan fingerprint density at radius 3 is 2.78 bits per heavy atom. The van der Waals surface area contributed by atoms with E-state index in [9.17, 15) is 0 Å². The van der Waals surface area contributed by atoms with Crippen LogP contribution in [-0.4, -0.2) is 15.1 Å². The van der Waals surface area contributed by atoms with Crippen molar-refractivity contribution in [1.29, 1.82) is 0 Å². The van der Waals surface area contributed by atoms with Crippen molar-refractivity contribution in [3.63, 3.8) is 0 Å². The zero-order chi connectivity index (χ0) is 6.95. The predicted molar refractivity (Wildman–Crippen MR) is 54.0 cm³/mol. The van der Waals surface area contributed by atoms with Crippen molar-refractivity contribution < 1.29 is 0 Å². The lowest BCUT2D eigenvalue weighted by atomic mass is 10.2. The van der Waals surface area contributed by atoms with Gasteiger partial charge in [-0.3, -0.25) is 0 Å². The highest BCUT2D eigenvalue weighted by Crippen LogP contribution is 2.17. The van der Waals surface area contributed by atoms with Gasteiger partial charge in [-0.25, -0.2) is 0 Å². The Hall–Kier alpha value is 0.657. The van der Waals surface area contributed by atoms with Gasteiger partial charge >= 0.3 is 0 Å². The molecule has 0 fully saturated rings. The third-order valence-corrected chi connectivity index (χ3v) is 5.02. The molecule has 0 aliphatic carbocycles. The SMILES string of the molecule is C=CCCCCSS[SiH3]. The molecular formula is C6H14S2Si. The summed E-state index contributed by atoms with van der Waals surface area (Å²) in [7, 11) is 5.26. The van der Waals surface area contributed by atoms with Gasteiger partial charge in [-0.2, -0.15) is 0 Å². The maximum Gasteiger partial charge on any atom is 0.0835 e. The van der Waals surface area contributed by atoms with Crippen LogP contribution in [0, 0.1) is 0 Å². The van der Waals surface area contributed by atoms with Crippen molar-refractivity contribution in [2.45, 2.75) is 19.3 Å². The van der Waals surface area contributed by atoms with Gasteiger partial charge in [0.2, 0.25) is 0 Å². The van der Waals surface area contributed by atoms with E-state index >= 15 is 0 Å². The quantitative estimate of drug-likeness (QED) is 0.264. The second-order valence-corrected chi connectivity index (χ2v) is 7.46. The smallest absolute Gasteiger partial charge is 0.0835 e. The zero-order valence-corrected chi connectivity index (χ0v) is 9.56. The first-order valence-corrected chi connectivity index (χ1v) is 8.36. The number of hydrogen-bond donors (Lipinski definition) is 0. The normalized spacial score (nSPS) is 9.78. The molecule has 0 atom stereocenters. The van der Waals surface area contributed by atoms with Gasteiger partial charge in [0.05, 0.1) is 9.39 Å². The molecule has 0 N–H and O–H groups in total. The van der Waals surface area contributed by atoms with Crippen LogP contribution in [0.2, 0.25) is 0 Å². The molecule has 0 saturated heterocycles. The highest BCUT2D eigenvalue weighted by Gasteiger charge is 1.84. The third kappa shape index (κ3) is 8.66. The van der Waals surface area contributed by atoms with Gasteiger partial charge in [0, 0.05) is 5.75 Å². The molecule has 0 aliphatic heterocycles. The van der Waals surface area contributed by atoms with Crippen LogP contribution >= 0.6 is 21.0 Å². The molecule has 0 aromatic heterocycles. The summed E-state index contributed by atoms with van der Waals surface area (Å²) < 4.78 is 0. The van der Waals surface area contributed by atoms with Crippen LogP contribution in [0.3, 0.4) is 0 Å². The lowest BCUT2D eigenvalue weighted by molar-refractivity contribution is 0.825. The van der Waals surface area contributed by atoms with E-state index in [1.807, 2.05) is 27.1 Å². The molecule has 0 saturated carbocycles. The molecule has 0 aromatic rings. The molecule has 0 aliphatic rings. The zero-order valence-electron chi connectivity index (χ0n) is 5.93. The van der Waals surface area contributed by atoms with Gasteiger partial charge in [0.1, 0.15) is 0 Å². The predicted octanol–water partition coefficient (Wildman–Crippen LogP) is 2.00. The summed E-state index contributed by atoms with van der Waals surface area (Å²) in [6, 6.07) is 0. The Bertz CT molecular complexity index is 66.1. The van der Waals surface area contributed by atoms with Crippen LogP contribution in [0.1, 0.15) is 19.3 Å². The van der Waals surface area contributed by atoms with Crippen LogP contribution in [0.4, 0.5) is 0 Å². The minimum Gasteiger partial charge on any atom is -0.134 e. The summed E-state index contributed by atoms with van der Waals surface area (Å²) >= 11 is 0. The van der Waals surface area contributed by atoms with E-state index in [0.29, 0.717) is 0 Å². The molecule has 3 heteroatoms. The van der Waals surface area contributed by atoms with Gasteiger partial charge in [0.25, 0.3) is 0 Å². The Morgan fingerprint density at radius 1 is 1.44 bits per heavy atom. The molecule has 0 amide bonds. The van der Waals surface area contributed by atoms with Crippen LogP contribution in [-0.2, 0) is 0 Å². The molecule has 0 rings (SSSR count). The first-order chi connectivity index (χ1) is 4.41. The average Bonchev–Trinajstić information content (AvgIpc) is 1.89. The van der Waals surface area contributed by atoms with Crippen LogP contribution in [0.25, 0.3) is 0 Å². The molecule has 9 heavy (non-hydrogen) atoms. The number of hydrogen-bond acceptors (Lipinski definition) is 2. The first-order valence-electron chi connectivity index (χ1n) is 3.18. The minimum atomic E-state index is 1.19. The van der Waals surface area contributed by atoms with Crippen molar-refractivity contribution in [3.05, 3.63) is 12.7 Å². The maximum absolute atomic E-state index is 3.67. The monoisotopic (exact) mass is 178 g/mol. The molecule has 54 valence electrons. The standard InChI is InChI=1S/C6H14S2Si/c1-2-3-4-5-6-7-8-9/h2H,1,3-6H2,9H3. The fourth-order valence-electron chi connectivity index (χ4n) is 0.533. The second-order valence-electron chi connectivity index (χ2n) is 1.77. The fraction of sp³-hybridized carbons (Fsp3) is 0.667. The Kier molecular flexibility index (Phi) is 9.29. The van der Waals surface area contributed by atoms with E-state index in [1.165, 1.54) is 34.4 Å². The summed E-state index contributed by atoms with van der Waals surface area (Å²) in [5, 5.41) is 0. The summed E-state index contributed by atoms with van der Waals surface area (Å²) in [6.45, 7) is 3.67. The third-order valence-electron chi connectivity index (χ3n) is 1.00. The number of rotatable bonds is 6. The van der Waals surface area contributed by atoms with Gasteiger partial charge in [0.15, 0.2) is 0 Å². The molecule has 0 spiro atoms. The van der Waals surface area contributed by atoms with Crippen LogP contribution in [0.5, 0.6) is 0 Å². The Labute approximate surface area is 68.3 Å². The van der Waals surface area contributed by atoms with E-state index in [2.05, 4.69) is 6.58 Å². The highest BCUT2D eigenvalue weighted by molar-refractivity contribution is 8.84. The summed E-state index contributed by atoms with van der Waals surface area (Å²) in [6.07, 6.45) is 5.86. The van der Waals surface area contributed by atoms with Gasteiger partial charge in [-0.15, -0.1) is 27.6 Å². The van der Waals surface area contributed by atoms with Gasteiger partial charge < -0.3 is 0 Å². The van der Waals surface area contributed by atoms with Crippen molar-refractivity contribution in [1.82, 2.24) is 0 Å². The lowest BCUT2D eigenvalue weighted by Gasteiger charge is -1.94. The molecule has 0 aromatic carbocycles. The van der Waals surface area contributed by atoms with E-state index < -0.39 is 0 Å². The molecule has 0 bridgehead atoms. The topological polar surface area (TPSA) is 0 Å². The Balaban J connectivity index is 2.66. The minimum absolute atomic E-state index is 1.19. The number of unbranched alkanes of at least 4 members (excludes halogenated alkanes) is 2.